The molecule has 0 saturated heterocycles. The first-order valence-corrected chi connectivity index (χ1v) is 8.02. The second-order valence-corrected chi connectivity index (χ2v) is 5.43. The van der Waals surface area contributed by atoms with Gasteiger partial charge < -0.3 is 0 Å². The molecule has 0 aromatic heterocycles. The Morgan fingerprint density at radius 3 is 1.28 bits per heavy atom. The maximum Gasteiger partial charge on any atom is 0.0181 e. The first kappa shape index (κ1) is 20.0. The Morgan fingerprint density at radius 1 is 0.778 bits per heavy atom. The number of hydrogen-bond acceptors (Lipinski definition) is 0. The fraction of sp³-hybridized carbons (Fsp3) is 0.647. The molecular formula is C17H31Br. The van der Waals surface area contributed by atoms with Crippen LogP contribution in [0.15, 0.2) is 16.6 Å². The molecule has 1 aromatic carbocycles. The summed E-state index contributed by atoms with van der Waals surface area (Å²) >= 11 is 3.58. The Kier molecular flexibility index (Phi) is 11.8. The van der Waals surface area contributed by atoms with Crippen LogP contribution in [-0.2, 0) is 0 Å². The SMILES string of the molecule is CC.CC.Cc1c(C(C)C)cc(Br)cc1C(C)C. The van der Waals surface area contributed by atoms with E-state index in [1.807, 2.05) is 27.7 Å². The maximum absolute atomic E-state index is 3.58. The van der Waals surface area contributed by atoms with Crippen molar-refractivity contribution >= 4 is 15.9 Å². The molecule has 18 heavy (non-hydrogen) atoms. The van der Waals surface area contributed by atoms with E-state index in [9.17, 15) is 0 Å². The van der Waals surface area contributed by atoms with Gasteiger partial charge in [-0.25, -0.2) is 0 Å². The summed E-state index contributed by atoms with van der Waals surface area (Å²) < 4.78 is 1.20. The van der Waals surface area contributed by atoms with Crippen LogP contribution in [0.4, 0.5) is 0 Å². The molecule has 0 spiro atoms. The summed E-state index contributed by atoms with van der Waals surface area (Å²) in [5, 5.41) is 0. The summed E-state index contributed by atoms with van der Waals surface area (Å²) in [6.07, 6.45) is 0. The van der Waals surface area contributed by atoms with E-state index in [1.165, 1.54) is 21.2 Å². The zero-order valence-corrected chi connectivity index (χ0v) is 15.3. The number of benzene rings is 1. The summed E-state index contributed by atoms with van der Waals surface area (Å²) in [5.41, 5.74) is 4.38. The molecule has 0 atom stereocenters. The predicted molar refractivity (Wildman–Crippen MR) is 89.8 cm³/mol. The van der Waals surface area contributed by atoms with Crippen LogP contribution in [0.5, 0.6) is 0 Å². The highest BCUT2D eigenvalue weighted by Gasteiger charge is 2.11. The molecule has 106 valence electrons. The molecule has 0 aliphatic heterocycles. The topological polar surface area (TPSA) is 0 Å². The van der Waals surface area contributed by atoms with Crippen LogP contribution in [0.1, 0.15) is 83.9 Å². The monoisotopic (exact) mass is 314 g/mol. The van der Waals surface area contributed by atoms with E-state index in [1.54, 1.807) is 0 Å². The number of halogens is 1. The minimum absolute atomic E-state index is 0.602. The predicted octanol–water partition coefficient (Wildman–Crippen LogP) is 7.06. The van der Waals surface area contributed by atoms with Crippen molar-refractivity contribution in [3.05, 3.63) is 33.3 Å². The summed E-state index contributed by atoms with van der Waals surface area (Å²) in [7, 11) is 0. The van der Waals surface area contributed by atoms with Gasteiger partial charge in [-0.05, 0) is 47.6 Å². The lowest BCUT2D eigenvalue weighted by atomic mass is 9.90. The van der Waals surface area contributed by atoms with Crippen LogP contribution < -0.4 is 0 Å². The van der Waals surface area contributed by atoms with E-state index in [0.717, 1.165) is 0 Å². The van der Waals surface area contributed by atoms with Crippen molar-refractivity contribution in [2.45, 2.75) is 74.1 Å². The quantitative estimate of drug-likeness (QED) is 0.548. The number of rotatable bonds is 2. The molecule has 0 unspecified atom stereocenters. The van der Waals surface area contributed by atoms with E-state index in [2.05, 4.69) is 62.7 Å². The summed E-state index contributed by atoms with van der Waals surface area (Å²) in [5.74, 6) is 1.20. The van der Waals surface area contributed by atoms with Crippen LogP contribution in [0.2, 0.25) is 0 Å². The largest absolute Gasteiger partial charge is 0.0683 e. The van der Waals surface area contributed by atoms with Crippen molar-refractivity contribution in [2.75, 3.05) is 0 Å². The third-order valence-electron chi connectivity index (χ3n) is 2.70. The second kappa shape index (κ2) is 10.6. The van der Waals surface area contributed by atoms with Crippen LogP contribution in [0.25, 0.3) is 0 Å². The smallest absolute Gasteiger partial charge is 0.0181 e. The molecule has 0 heterocycles. The molecule has 0 fully saturated rings. The van der Waals surface area contributed by atoms with Crippen LogP contribution >= 0.6 is 15.9 Å². The van der Waals surface area contributed by atoms with Gasteiger partial charge in [-0.2, -0.15) is 0 Å². The molecular weight excluding hydrogens is 284 g/mol. The van der Waals surface area contributed by atoms with Crippen molar-refractivity contribution in [2.24, 2.45) is 0 Å². The molecule has 1 heteroatoms. The second-order valence-electron chi connectivity index (χ2n) is 4.52. The standard InChI is InChI=1S/C13H19Br.2C2H6/c1-8(2)12-6-11(14)7-13(9(3)4)10(12)5;2*1-2/h6-9H,1-5H3;2*1-2H3. The van der Waals surface area contributed by atoms with E-state index in [-0.39, 0.29) is 0 Å². The highest BCUT2D eigenvalue weighted by atomic mass is 79.9. The van der Waals surface area contributed by atoms with Crippen LogP contribution in [-0.4, -0.2) is 0 Å². The maximum atomic E-state index is 3.58. The molecule has 0 saturated carbocycles. The molecule has 0 N–H and O–H groups in total. The fourth-order valence-electron chi connectivity index (χ4n) is 1.92. The lowest BCUT2D eigenvalue weighted by molar-refractivity contribution is 0.815. The lowest BCUT2D eigenvalue weighted by Gasteiger charge is -2.17. The highest BCUT2D eigenvalue weighted by Crippen LogP contribution is 2.30. The molecule has 0 aliphatic carbocycles. The van der Waals surface area contributed by atoms with Crippen molar-refractivity contribution in [3.8, 4) is 0 Å². The average molecular weight is 315 g/mol. The van der Waals surface area contributed by atoms with Crippen molar-refractivity contribution in [1.29, 1.82) is 0 Å². The molecule has 0 radical (unpaired) electrons. The Labute approximate surface area is 123 Å². The van der Waals surface area contributed by atoms with Gasteiger partial charge in [0.1, 0.15) is 0 Å². The zero-order chi connectivity index (χ0) is 14.9. The molecule has 1 aromatic rings. The van der Waals surface area contributed by atoms with Gasteiger partial charge in [0.2, 0.25) is 0 Å². The minimum atomic E-state index is 0.602. The van der Waals surface area contributed by atoms with Gasteiger partial charge in [0.25, 0.3) is 0 Å². The Morgan fingerprint density at radius 2 is 1.06 bits per heavy atom. The zero-order valence-electron chi connectivity index (χ0n) is 13.7. The van der Waals surface area contributed by atoms with Gasteiger partial charge in [0.15, 0.2) is 0 Å². The van der Waals surface area contributed by atoms with Gasteiger partial charge in [-0.3, -0.25) is 0 Å². The molecule has 0 bridgehead atoms. The molecule has 0 aliphatic rings. The van der Waals surface area contributed by atoms with Gasteiger partial charge >= 0.3 is 0 Å². The Balaban J connectivity index is 0. The Hall–Kier alpha value is -0.300. The first-order valence-electron chi connectivity index (χ1n) is 7.23. The lowest BCUT2D eigenvalue weighted by Crippen LogP contribution is -1.99. The van der Waals surface area contributed by atoms with Crippen LogP contribution in [0.3, 0.4) is 0 Å². The van der Waals surface area contributed by atoms with Gasteiger partial charge in [0.05, 0.1) is 0 Å². The summed E-state index contributed by atoms with van der Waals surface area (Å²) in [4.78, 5) is 0. The van der Waals surface area contributed by atoms with Crippen molar-refractivity contribution < 1.29 is 0 Å². The van der Waals surface area contributed by atoms with Crippen molar-refractivity contribution in [3.63, 3.8) is 0 Å². The highest BCUT2D eigenvalue weighted by molar-refractivity contribution is 9.10. The van der Waals surface area contributed by atoms with Gasteiger partial charge in [-0.1, -0.05) is 71.3 Å². The van der Waals surface area contributed by atoms with E-state index < -0.39 is 0 Å². The average Bonchev–Trinajstić information content (AvgIpc) is 2.36. The minimum Gasteiger partial charge on any atom is -0.0683 e. The van der Waals surface area contributed by atoms with Gasteiger partial charge in [0, 0.05) is 4.47 Å². The first-order chi connectivity index (χ1) is 8.43. The van der Waals surface area contributed by atoms with E-state index >= 15 is 0 Å². The van der Waals surface area contributed by atoms with Crippen molar-refractivity contribution in [1.82, 2.24) is 0 Å². The van der Waals surface area contributed by atoms with Gasteiger partial charge in [-0.15, -0.1) is 0 Å². The van der Waals surface area contributed by atoms with Crippen LogP contribution in [0, 0.1) is 6.92 Å². The number of hydrogen-bond donors (Lipinski definition) is 0. The molecule has 1 rings (SSSR count). The molecule has 0 amide bonds. The Bertz CT molecular complexity index is 295. The summed E-state index contributed by atoms with van der Waals surface area (Å²) in [6.45, 7) is 19.2. The molecule has 0 nitrogen and oxygen atoms in total. The fourth-order valence-corrected chi connectivity index (χ4v) is 2.41. The summed E-state index contributed by atoms with van der Waals surface area (Å²) in [6, 6.07) is 4.48. The van der Waals surface area contributed by atoms with E-state index in [0.29, 0.717) is 11.8 Å². The third kappa shape index (κ3) is 6.04. The normalized spacial score (nSPS) is 9.56. The third-order valence-corrected chi connectivity index (χ3v) is 3.15. The van der Waals surface area contributed by atoms with E-state index in [4.69, 9.17) is 0 Å².